The predicted molar refractivity (Wildman–Crippen MR) is 117 cm³/mol. The Balaban J connectivity index is 1.74. The molecule has 0 aliphatic carbocycles. The lowest BCUT2D eigenvalue weighted by molar-refractivity contribution is -0.114. The van der Waals surface area contributed by atoms with E-state index in [2.05, 4.69) is 30.8 Å². The van der Waals surface area contributed by atoms with E-state index in [-0.39, 0.29) is 17.3 Å². The fourth-order valence-electron chi connectivity index (χ4n) is 4.30. The van der Waals surface area contributed by atoms with Gasteiger partial charge in [0.15, 0.2) is 0 Å². The highest BCUT2D eigenvalue weighted by atomic mass is 19.1. The van der Waals surface area contributed by atoms with Crippen LogP contribution in [-0.2, 0) is 4.79 Å². The molecule has 1 amide bonds. The SMILES string of the molecule is CC1=NN(c2ccccc2)C(=O)/C1=C\c1cc2c(cc1F)N(C)C(C)(C)CC2C. The number of fused-ring (bicyclic) bond motifs is 1. The van der Waals surface area contributed by atoms with Gasteiger partial charge in [0.2, 0.25) is 0 Å². The molecule has 2 heterocycles. The Morgan fingerprint density at radius 2 is 1.90 bits per heavy atom. The van der Waals surface area contributed by atoms with Crippen LogP contribution in [0.2, 0.25) is 0 Å². The second kappa shape index (κ2) is 6.83. The summed E-state index contributed by atoms with van der Waals surface area (Å²) in [5.41, 5.74) is 4.13. The number of anilines is 2. The lowest BCUT2D eigenvalue weighted by atomic mass is 9.80. The summed E-state index contributed by atoms with van der Waals surface area (Å²) >= 11 is 0. The molecule has 2 aromatic rings. The minimum Gasteiger partial charge on any atom is -0.369 e. The van der Waals surface area contributed by atoms with Gasteiger partial charge in [-0.05, 0) is 69.0 Å². The second-order valence-electron chi connectivity index (χ2n) is 8.61. The maximum Gasteiger partial charge on any atom is 0.280 e. The topological polar surface area (TPSA) is 35.9 Å². The molecule has 0 N–H and O–H groups in total. The Hall–Kier alpha value is -2.95. The molecule has 0 saturated heterocycles. The lowest BCUT2D eigenvalue weighted by Gasteiger charge is -2.45. The molecule has 0 aromatic heterocycles. The van der Waals surface area contributed by atoms with E-state index in [0.717, 1.165) is 17.7 Å². The molecule has 4 rings (SSSR count). The molecule has 0 radical (unpaired) electrons. The maximum absolute atomic E-state index is 15.0. The summed E-state index contributed by atoms with van der Waals surface area (Å²) in [7, 11) is 2.01. The summed E-state index contributed by atoms with van der Waals surface area (Å²) in [5, 5.41) is 5.75. The average Bonchev–Trinajstić information content (AvgIpc) is 2.96. The molecular weight excluding hydrogens is 365 g/mol. The van der Waals surface area contributed by atoms with Crippen LogP contribution in [0.25, 0.3) is 6.08 Å². The van der Waals surface area contributed by atoms with E-state index >= 15 is 4.39 Å². The van der Waals surface area contributed by atoms with Crippen LogP contribution in [0.1, 0.15) is 51.2 Å². The van der Waals surface area contributed by atoms with E-state index < -0.39 is 0 Å². The van der Waals surface area contributed by atoms with Gasteiger partial charge in [0.1, 0.15) is 5.82 Å². The molecule has 150 valence electrons. The number of hydrogen-bond donors (Lipinski definition) is 0. The molecule has 0 spiro atoms. The molecule has 0 fully saturated rings. The highest BCUT2D eigenvalue weighted by Crippen LogP contribution is 2.43. The third-order valence-corrected chi connectivity index (χ3v) is 6.12. The number of nitrogens with zero attached hydrogens (tertiary/aromatic N) is 3. The minimum atomic E-state index is -0.327. The van der Waals surface area contributed by atoms with Gasteiger partial charge in [-0.15, -0.1) is 0 Å². The number of rotatable bonds is 2. The molecular formula is C24H26FN3O. The quantitative estimate of drug-likeness (QED) is 0.647. The number of halogens is 1. The zero-order chi connectivity index (χ0) is 20.9. The van der Waals surface area contributed by atoms with Crippen molar-refractivity contribution in [2.45, 2.75) is 45.6 Å². The van der Waals surface area contributed by atoms with Gasteiger partial charge in [0.05, 0.1) is 17.0 Å². The van der Waals surface area contributed by atoms with Crippen LogP contribution < -0.4 is 9.91 Å². The van der Waals surface area contributed by atoms with Gasteiger partial charge in [-0.3, -0.25) is 4.79 Å². The van der Waals surface area contributed by atoms with Crippen LogP contribution >= 0.6 is 0 Å². The summed E-state index contributed by atoms with van der Waals surface area (Å²) in [6.45, 7) is 8.31. The number of carbonyl (C=O) groups excluding carboxylic acids is 1. The summed E-state index contributed by atoms with van der Waals surface area (Å²) in [6.07, 6.45) is 2.62. The van der Waals surface area contributed by atoms with E-state index in [1.54, 1.807) is 19.1 Å². The van der Waals surface area contributed by atoms with Crippen molar-refractivity contribution < 1.29 is 9.18 Å². The first-order valence-electron chi connectivity index (χ1n) is 9.93. The molecule has 2 aliphatic heterocycles. The van der Waals surface area contributed by atoms with Crippen LogP contribution in [0, 0.1) is 5.82 Å². The standard InChI is InChI=1S/C24H26FN3O/c1-15-14-24(3,4)27(5)22-13-21(25)17(11-19(15)22)12-20-16(2)26-28(23(20)29)18-9-7-6-8-10-18/h6-13,15H,14H2,1-5H3/b20-12-. The second-order valence-corrected chi connectivity index (χ2v) is 8.61. The Kier molecular flexibility index (Phi) is 4.56. The number of para-hydroxylation sites is 1. The largest absolute Gasteiger partial charge is 0.369 e. The third kappa shape index (κ3) is 3.24. The van der Waals surface area contributed by atoms with Crippen molar-refractivity contribution in [1.29, 1.82) is 0 Å². The molecule has 2 aliphatic rings. The summed E-state index contributed by atoms with van der Waals surface area (Å²) in [6, 6.07) is 12.8. The fraction of sp³-hybridized carbons (Fsp3) is 0.333. The van der Waals surface area contributed by atoms with Crippen molar-refractivity contribution in [1.82, 2.24) is 0 Å². The predicted octanol–water partition coefficient (Wildman–Crippen LogP) is 5.35. The van der Waals surface area contributed by atoms with Gasteiger partial charge in [-0.2, -0.15) is 10.1 Å². The van der Waals surface area contributed by atoms with E-state index in [9.17, 15) is 4.79 Å². The molecule has 2 aromatic carbocycles. The number of hydrogen-bond acceptors (Lipinski definition) is 3. The molecule has 0 saturated carbocycles. The molecule has 1 unspecified atom stereocenters. The van der Waals surface area contributed by atoms with Gasteiger partial charge < -0.3 is 4.90 Å². The van der Waals surface area contributed by atoms with Gasteiger partial charge in [-0.25, -0.2) is 4.39 Å². The van der Waals surface area contributed by atoms with Crippen molar-refractivity contribution in [3.63, 3.8) is 0 Å². The Morgan fingerprint density at radius 1 is 1.21 bits per heavy atom. The Labute approximate surface area is 171 Å². The van der Waals surface area contributed by atoms with Crippen LogP contribution in [-0.4, -0.2) is 24.2 Å². The lowest BCUT2D eigenvalue weighted by Crippen LogP contribution is -2.45. The van der Waals surface area contributed by atoms with Crippen LogP contribution in [0.3, 0.4) is 0 Å². The zero-order valence-electron chi connectivity index (χ0n) is 17.5. The average molecular weight is 391 g/mol. The molecule has 1 atom stereocenters. The van der Waals surface area contributed by atoms with Gasteiger partial charge in [0, 0.05) is 23.8 Å². The zero-order valence-corrected chi connectivity index (χ0v) is 17.5. The monoisotopic (exact) mass is 391 g/mol. The van der Waals surface area contributed by atoms with E-state index in [0.29, 0.717) is 28.5 Å². The smallest absolute Gasteiger partial charge is 0.280 e. The van der Waals surface area contributed by atoms with Crippen molar-refractivity contribution in [2.24, 2.45) is 5.10 Å². The van der Waals surface area contributed by atoms with Crippen molar-refractivity contribution in [2.75, 3.05) is 17.0 Å². The normalized spacial score (nSPS) is 22.1. The third-order valence-electron chi connectivity index (χ3n) is 6.12. The van der Waals surface area contributed by atoms with E-state index in [4.69, 9.17) is 0 Å². The fourth-order valence-corrected chi connectivity index (χ4v) is 4.30. The molecule has 5 heteroatoms. The van der Waals surface area contributed by atoms with Gasteiger partial charge in [0.25, 0.3) is 5.91 Å². The molecule has 4 nitrogen and oxygen atoms in total. The summed E-state index contributed by atoms with van der Waals surface area (Å²) in [5.74, 6) is -0.257. The first-order chi connectivity index (χ1) is 13.7. The van der Waals surface area contributed by atoms with E-state index in [1.165, 1.54) is 5.01 Å². The number of hydrazone groups is 1. The Bertz CT molecular complexity index is 1040. The van der Waals surface area contributed by atoms with E-state index in [1.807, 2.05) is 43.4 Å². The van der Waals surface area contributed by atoms with Crippen molar-refractivity contribution in [3.8, 4) is 0 Å². The maximum atomic E-state index is 15.0. The Morgan fingerprint density at radius 3 is 2.59 bits per heavy atom. The first-order valence-corrected chi connectivity index (χ1v) is 9.93. The highest BCUT2D eigenvalue weighted by molar-refractivity contribution is 6.32. The van der Waals surface area contributed by atoms with Crippen molar-refractivity contribution in [3.05, 3.63) is 65.0 Å². The summed E-state index contributed by atoms with van der Waals surface area (Å²) < 4.78 is 15.0. The van der Waals surface area contributed by atoms with Gasteiger partial charge >= 0.3 is 0 Å². The highest BCUT2D eigenvalue weighted by Gasteiger charge is 2.35. The number of benzene rings is 2. The first kappa shape index (κ1) is 19.4. The van der Waals surface area contributed by atoms with Crippen LogP contribution in [0.15, 0.2) is 53.1 Å². The van der Waals surface area contributed by atoms with Crippen molar-refractivity contribution >= 4 is 29.1 Å². The number of amides is 1. The molecule has 0 bridgehead atoms. The summed E-state index contributed by atoms with van der Waals surface area (Å²) in [4.78, 5) is 15.1. The van der Waals surface area contributed by atoms with Crippen LogP contribution in [0.5, 0.6) is 0 Å². The minimum absolute atomic E-state index is 0.0281. The number of carbonyl (C=O) groups is 1. The molecule has 29 heavy (non-hydrogen) atoms. The van der Waals surface area contributed by atoms with Gasteiger partial charge in [-0.1, -0.05) is 25.1 Å². The van der Waals surface area contributed by atoms with Crippen LogP contribution in [0.4, 0.5) is 15.8 Å².